The van der Waals surface area contributed by atoms with Gasteiger partial charge in [0.15, 0.2) is 0 Å². The largest absolute Gasteiger partial charge is 0.493 e. The summed E-state index contributed by atoms with van der Waals surface area (Å²) in [5, 5.41) is 0. The first kappa shape index (κ1) is 17.3. The molecule has 0 amide bonds. The Balaban J connectivity index is 1.31. The number of benzene rings is 1. The number of hydrogen-bond acceptors (Lipinski definition) is 4. The summed E-state index contributed by atoms with van der Waals surface area (Å²) in [7, 11) is 0. The topological polar surface area (TPSA) is 24.9 Å². The van der Waals surface area contributed by atoms with Crippen LogP contribution in [0.2, 0.25) is 0 Å². The number of piperidine rings is 1. The van der Waals surface area contributed by atoms with Gasteiger partial charge in [0.05, 0.1) is 19.8 Å². The SMILES string of the molecule is c1cc(OCCCN2CCCCC2)c2c(c1)C(N1CCOCC1)CC2. The van der Waals surface area contributed by atoms with Gasteiger partial charge in [-0.05, 0) is 62.4 Å². The highest BCUT2D eigenvalue weighted by atomic mass is 16.5. The van der Waals surface area contributed by atoms with Crippen LogP contribution in [0.4, 0.5) is 0 Å². The van der Waals surface area contributed by atoms with Crippen LogP contribution in [0.1, 0.15) is 49.3 Å². The molecule has 1 unspecified atom stereocenters. The van der Waals surface area contributed by atoms with E-state index in [9.17, 15) is 0 Å². The zero-order valence-electron chi connectivity index (χ0n) is 15.4. The molecule has 1 atom stereocenters. The van der Waals surface area contributed by atoms with E-state index in [1.807, 2.05) is 0 Å². The Bertz CT molecular complexity index is 551. The molecule has 3 aliphatic rings. The van der Waals surface area contributed by atoms with E-state index < -0.39 is 0 Å². The van der Waals surface area contributed by atoms with Gasteiger partial charge in [-0.25, -0.2) is 0 Å². The van der Waals surface area contributed by atoms with Gasteiger partial charge in [0.25, 0.3) is 0 Å². The molecular weight excluding hydrogens is 312 g/mol. The quantitative estimate of drug-likeness (QED) is 0.740. The normalized spacial score (nSPS) is 25.0. The molecule has 0 saturated carbocycles. The fraction of sp³-hybridized carbons (Fsp3) is 0.714. The lowest BCUT2D eigenvalue weighted by molar-refractivity contribution is 0.0164. The zero-order chi connectivity index (χ0) is 16.9. The number of nitrogens with zero attached hydrogens (tertiary/aromatic N) is 2. The second-order valence-corrected chi connectivity index (χ2v) is 7.63. The Morgan fingerprint density at radius 3 is 2.72 bits per heavy atom. The third-order valence-corrected chi connectivity index (χ3v) is 6.01. The van der Waals surface area contributed by atoms with Gasteiger partial charge in [0.2, 0.25) is 0 Å². The van der Waals surface area contributed by atoms with Crippen molar-refractivity contribution in [3.05, 3.63) is 29.3 Å². The fourth-order valence-electron chi connectivity index (χ4n) is 4.66. The Kier molecular flexibility index (Phi) is 5.90. The van der Waals surface area contributed by atoms with Gasteiger partial charge in [0, 0.05) is 25.7 Å². The van der Waals surface area contributed by atoms with Crippen LogP contribution < -0.4 is 4.74 Å². The molecule has 2 heterocycles. The second-order valence-electron chi connectivity index (χ2n) is 7.63. The van der Waals surface area contributed by atoms with E-state index in [-0.39, 0.29) is 0 Å². The van der Waals surface area contributed by atoms with Gasteiger partial charge in [-0.15, -0.1) is 0 Å². The van der Waals surface area contributed by atoms with Crippen molar-refractivity contribution < 1.29 is 9.47 Å². The Morgan fingerprint density at radius 1 is 1.04 bits per heavy atom. The summed E-state index contributed by atoms with van der Waals surface area (Å²) >= 11 is 0. The van der Waals surface area contributed by atoms with Crippen LogP contribution in [-0.4, -0.2) is 62.3 Å². The van der Waals surface area contributed by atoms with Crippen molar-refractivity contribution in [1.82, 2.24) is 9.80 Å². The van der Waals surface area contributed by atoms with Gasteiger partial charge in [-0.1, -0.05) is 18.6 Å². The molecule has 0 spiro atoms. The molecule has 138 valence electrons. The standard InChI is InChI=1S/C21H32N2O2/c1-2-10-22(11-3-1)12-5-15-25-21-7-4-6-18-19(21)8-9-20(18)23-13-16-24-17-14-23/h4,6-7,20H,1-3,5,8-17H2. The van der Waals surface area contributed by atoms with Crippen molar-refractivity contribution in [2.45, 2.75) is 44.6 Å². The summed E-state index contributed by atoms with van der Waals surface area (Å²) in [6.45, 7) is 8.46. The summed E-state index contributed by atoms with van der Waals surface area (Å²) in [6.07, 6.45) is 7.67. The molecule has 1 aromatic rings. The van der Waals surface area contributed by atoms with E-state index in [0.29, 0.717) is 6.04 Å². The molecule has 1 aromatic carbocycles. The Hall–Kier alpha value is -1.10. The molecule has 25 heavy (non-hydrogen) atoms. The van der Waals surface area contributed by atoms with Crippen molar-refractivity contribution in [2.75, 3.05) is 52.5 Å². The minimum absolute atomic E-state index is 0.566. The van der Waals surface area contributed by atoms with E-state index in [1.54, 1.807) is 0 Å². The predicted octanol–water partition coefficient (Wildman–Crippen LogP) is 3.26. The van der Waals surface area contributed by atoms with Gasteiger partial charge >= 0.3 is 0 Å². The first-order valence-corrected chi connectivity index (χ1v) is 10.2. The number of fused-ring (bicyclic) bond motifs is 1. The van der Waals surface area contributed by atoms with Gasteiger partial charge in [-0.2, -0.15) is 0 Å². The van der Waals surface area contributed by atoms with Crippen LogP contribution in [0.15, 0.2) is 18.2 Å². The van der Waals surface area contributed by atoms with Gasteiger partial charge in [-0.3, -0.25) is 4.90 Å². The molecule has 1 aliphatic carbocycles. The highest BCUT2D eigenvalue weighted by Crippen LogP contribution is 2.40. The molecule has 4 heteroatoms. The van der Waals surface area contributed by atoms with Crippen LogP contribution in [0.3, 0.4) is 0 Å². The maximum Gasteiger partial charge on any atom is 0.122 e. The molecular formula is C21H32N2O2. The summed E-state index contributed by atoms with van der Waals surface area (Å²) in [4.78, 5) is 5.19. The van der Waals surface area contributed by atoms with Crippen LogP contribution in [0.25, 0.3) is 0 Å². The van der Waals surface area contributed by atoms with E-state index in [0.717, 1.165) is 51.5 Å². The van der Waals surface area contributed by atoms with Crippen molar-refractivity contribution in [3.8, 4) is 5.75 Å². The van der Waals surface area contributed by atoms with Crippen molar-refractivity contribution >= 4 is 0 Å². The number of hydrogen-bond donors (Lipinski definition) is 0. The van der Waals surface area contributed by atoms with Crippen LogP contribution in [0.5, 0.6) is 5.75 Å². The summed E-state index contributed by atoms with van der Waals surface area (Å²) < 4.78 is 11.7. The third kappa shape index (κ3) is 4.18. The summed E-state index contributed by atoms with van der Waals surface area (Å²) in [5.74, 6) is 1.13. The summed E-state index contributed by atoms with van der Waals surface area (Å²) in [5.41, 5.74) is 2.95. The van der Waals surface area contributed by atoms with Crippen LogP contribution >= 0.6 is 0 Å². The van der Waals surface area contributed by atoms with Gasteiger partial charge in [0.1, 0.15) is 5.75 Å². The van der Waals surface area contributed by atoms with E-state index in [4.69, 9.17) is 9.47 Å². The number of likely N-dealkylation sites (tertiary alicyclic amines) is 1. The first-order valence-electron chi connectivity index (χ1n) is 10.2. The number of ether oxygens (including phenoxy) is 2. The fourth-order valence-corrected chi connectivity index (χ4v) is 4.66. The van der Waals surface area contributed by atoms with Crippen molar-refractivity contribution in [2.24, 2.45) is 0 Å². The average Bonchev–Trinajstić information content (AvgIpc) is 3.12. The smallest absolute Gasteiger partial charge is 0.122 e. The van der Waals surface area contributed by atoms with E-state index in [2.05, 4.69) is 28.0 Å². The second kappa shape index (κ2) is 8.52. The maximum absolute atomic E-state index is 6.21. The lowest BCUT2D eigenvalue weighted by Gasteiger charge is -2.32. The van der Waals surface area contributed by atoms with Crippen molar-refractivity contribution in [1.29, 1.82) is 0 Å². The molecule has 0 N–H and O–H groups in total. The molecule has 2 aliphatic heterocycles. The molecule has 0 radical (unpaired) electrons. The minimum Gasteiger partial charge on any atom is -0.493 e. The molecule has 0 aromatic heterocycles. The monoisotopic (exact) mass is 344 g/mol. The number of morpholine rings is 1. The molecule has 0 bridgehead atoms. The summed E-state index contributed by atoms with van der Waals surface area (Å²) in [6, 6.07) is 7.22. The van der Waals surface area contributed by atoms with E-state index >= 15 is 0 Å². The minimum atomic E-state index is 0.566. The molecule has 4 nitrogen and oxygen atoms in total. The highest BCUT2D eigenvalue weighted by molar-refractivity contribution is 5.45. The van der Waals surface area contributed by atoms with Crippen LogP contribution in [0, 0.1) is 0 Å². The number of rotatable bonds is 6. The lowest BCUT2D eigenvalue weighted by Crippen LogP contribution is -2.38. The highest BCUT2D eigenvalue weighted by Gasteiger charge is 2.30. The van der Waals surface area contributed by atoms with Gasteiger partial charge < -0.3 is 14.4 Å². The molecule has 4 rings (SSSR count). The third-order valence-electron chi connectivity index (χ3n) is 6.01. The zero-order valence-corrected chi connectivity index (χ0v) is 15.4. The Labute approximate surface area is 152 Å². The first-order chi connectivity index (χ1) is 12.4. The molecule has 2 saturated heterocycles. The van der Waals surface area contributed by atoms with Crippen LogP contribution in [-0.2, 0) is 11.2 Å². The predicted molar refractivity (Wildman–Crippen MR) is 100 cm³/mol. The Morgan fingerprint density at radius 2 is 1.88 bits per heavy atom. The van der Waals surface area contributed by atoms with E-state index in [1.165, 1.54) is 56.4 Å². The molecule has 2 fully saturated rings. The average molecular weight is 344 g/mol. The lowest BCUT2D eigenvalue weighted by atomic mass is 10.1. The maximum atomic E-state index is 6.21. The van der Waals surface area contributed by atoms with Crippen molar-refractivity contribution in [3.63, 3.8) is 0 Å².